The average Bonchev–Trinajstić information content (AvgIpc) is 2.35. The van der Waals surface area contributed by atoms with Crippen molar-refractivity contribution in [1.29, 1.82) is 0 Å². The normalized spacial score (nSPS) is 14.5. The first-order valence-electron chi connectivity index (χ1n) is 7.41. The predicted molar refractivity (Wildman–Crippen MR) is 82.1 cm³/mol. The summed E-state index contributed by atoms with van der Waals surface area (Å²) in [5.41, 5.74) is -0.525. The zero-order valence-electron chi connectivity index (χ0n) is 14.3. The molecule has 0 radical (unpaired) electrons. The second kappa shape index (κ2) is 8.87. The Kier molecular flexibility index (Phi) is 8.32. The molecule has 0 aliphatic rings. The number of hydrogen-bond donors (Lipinski definition) is 2. The van der Waals surface area contributed by atoms with E-state index in [4.69, 9.17) is 9.47 Å². The van der Waals surface area contributed by atoms with Crippen LogP contribution in [0, 0.1) is 5.92 Å². The van der Waals surface area contributed by atoms with Gasteiger partial charge in [-0.3, -0.25) is 10.1 Å². The van der Waals surface area contributed by atoms with Crippen molar-refractivity contribution in [3.63, 3.8) is 0 Å². The van der Waals surface area contributed by atoms with E-state index < -0.39 is 11.7 Å². The quantitative estimate of drug-likeness (QED) is 0.704. The molecule has 0 aromatic rings. The first kappa shape index (κ1) is 19.7. The van der Waals surface area contributed by atoms with E-state index in [1.807, 2.05) is 41.5 Å². The molecule has 2 N–H and O–H groups in total. The zero-order chi connectivity index (χ0) is 16.6. The van der Waals surface area contributed by atoms with Gasteiger partial charge in [0.1, 0.15) is 11.6 Å². The van der Waals surface area contributed by atoms with Crippen LogP contribution in [0.3, 0.4) is 0 Å². The second-order valence-corrected chi connectivity index (χ2v) is 6.38. The van der Waals surface area contributed by atoms with E-state index in [2.05, 4.69) is 10.6 Å². The lowest BCUT2D eigenvalue weighted by molar-refractivity contribution is -0.143. The van der Waals surface area contributed by atoms with Gasteiger partial charge >= 0.3 is 12.1 Å². The van der Waals surface area contributed by atoms with Gasteiger partial charge in [0.15, 0.2) is 0 Å². The maximum absolute atomic E-state index is 11.7. The number of amides is 1. The Morgan fingerprint density at radius 2 is 1.76 bits per heavy atom. The first-order valence-corrected chi connectivity index (χ1v) is 7.41. The highest BCUT2D eigenvalue weighted by Gasteiger charge is 2.24. The molecule has 0 heterocycles. The lowest BCUT2D eigenvalue weighted by atomic mass is 10.0. The van der Waals surface area contributed by atoms with E-state index in [9.17, 15) is 9.59 Å². The molecule has 0 aromatic heterocycles. The number of rotatable bonds is 7. The summed E-state index contributed by atoms with van der Waals surface area (Å²) in [4.78, 5) is 23.3. The Morgan fingerprint density at radius 1 is 1.19 bits per heavy atom. The highest BCUT2D eigenvalue weighted by Crippen LogP contribution is 2.08. The molecule has 1 amide bonds. The van der Waals surface area contributed by atoms with Crippen LogP contribution in [-0.2, 0) is 14.3 Å². The van der Waals surface area contributed by atoms with Gasteiger partial charge in [-0.15, -0.1) is 0 Å². The van der Waals surface area contributed by atoms with Gasteiger partial charge in [0.25, 0.3) is 0 Å². The summed E-state index contributed by atoms with van der Waals surface area (Å²) in [7, 11) is 1.37. The first-order chi connectivity index (χ1) is 9.60. The Morgan fingerprint density at radius 3 is 2.14 bits per heavy atom. The molecule has 0 aliphatic carbocycles. The Bertz CT molecular complexity index is 337. The van der Waals surface area contributed by atoms with E-state index >= 15 is 0 Å². The molecule has 124 valence electrons. The van der Waals surface area contributed by atoms with Crippen molar-refractivity contribution in [1.82, 2.24) is 10.6 Å². The number of ether oxygens (including phenoxy) is 2. The van der Waals surface area contributed by atoms with Crippen molar-refractivity contribution in [2.24, 2.45) is 5.92 Å². The van der Waals surface area contributed by atoms with E-state index in [0.29, 0.717) is 13.0 Å². The minimum Gasteiger partial charge on any atom is -0.468 e. The Hall–Kier alpha value is -1.30. The van der Waals surface area contributed by atoms with Gasteiger partial charge in [-0.05, 0) is 33.1 Å². The molecule has 0 aliphatic heterocycles. The molecule has 0 saturated heterocycles. The molecule has 0 rings (SSSR count). The third-order valence-corrected chi connectivity index (χ3v) is 2.98. The minimum absolute atomic E-state index is 0.0402. The van der Waals surface area contributed by atoms with Crippen LogP contribution in [0.1, 0.15) is 48.0 Å². The van der Waals surface area contributed by atoms with Crippen molar-refractivity contribution >= 4 is 12.1 Å². The Balaban J connectivity index is 4.50. The molecule has 0 saturated carbocycles. The van der Waals surface area contributed by atoms with Crippen LogP contribution < -0.4 is 10.6 Å². The van der Waals surface area contributed by atoms with E-state index in [1.165, 1.54) is 7.11 Å². The van der Waals surface area contributed by atoms with Gasteiger partial charge < -0.3 is 14.8 Å². The summed E-state index contributed by atoms with van der Waals surface area (Å²) in [5.74, 6) is -0.0425. The zero-order valence-corrected chi connectivity index (χ0v) is 14.3. The van der Waals surface area contributed by atoms with Gasteiger partial charge in [-0.1, -0.05) is 20.8 Å². The number of carbonyl (C=O) groups is 2. The minimum atomic E-state index is -0.525. The van der Waals surface area contributed by atoms with E-state index in [0.717, 1.165) is 0 Å². The molecular weight excluding hydrogens is 272 g/mol. The predicted octanol–water partition coefficient (Wildman–Crippen LogP) is 2.08. The number of alkyl carbamates (subject to hydrolysis) is 1. The number of methoxy groups -OCH3 is 1. The van der Waals surface area contributed by atoms with Gasteiger partial charge in [0, 0.05) is 12.6 Å². The highest BCUT2D eigenvalue weighted by molar-refractivity contribution is 5.75. The second-order valence-electron chi connectivity index (χ2n) is 6.38. The number of hydrogen-bond acceptors (Lipinski definition) is 5. The molecule has 2 unspecified atom stereocenters. The summed E-state index contributed by atoms with van der Waals surface area (Å²) < 4.78 is 9.96. The lowest BCUT2D eigenvalue weighted by Gasteiger charge is -2.27. The monoisotopic (exact) mass is 302 g/mol. The largest absolute Gasteiger partial charge is 0.468 e. The fourth-order valence-electron chi connectivity index (χ4n) is 1.75. The molecule has 0 fully saturated rings. The van der Waals surface area contributed by atoms with E-state index in [-0.39, 0.29) is 24.0 Å². The number of nitrogens with one attached hydrogen (secondary N) is 2. The standard InChI is InChI=1S/C15H30N2O4/c1-8-11(13(18)20-7)17-12(10(2)3)9-16-14(19)21-15(4,5)6/h10-12,17H,8-9H2,1-7H3,(H,16,19). The summed E-state index contributed by atoms with van der Waals surface area (Å²) in [5, 5.41) is 5.96. The topological polar surface area (TPSA) is 76.7 Å². The van der Waals surface area contributed by atoms with E-state index in [1.54, 1.807) is 0 Å². The van der Waals surface area contributed by atoms with Gasteiger partial charge in [-0.25, -0.2) is 4.79 Å². The van der Waals surface area contributed by atoms with Gasteiger partial charge in [0.05, 0.1) is 7.11 Å². The van der Waals surface area contributed by atoms with Crippen molar-refractivity contribution in [2.75, 3.05) is 13.7 Å². The molecule has 0 bridgehead atoms. The van der Waals surface area contributed by atoms with Crippen LogP contribution in [-0.4, -0.2) is 43.4 Å². The van der Waals surface area contributed by atoms with Gasteiger partial charge in [0.2, 0.25) is 0 Å². The fraction of sp³-hybridized carbons (Fsp3) is 0.867. The maximum atomic E-state index is 11.7. The lowest BCUT2D eigenvalue weighted by Crippen LogP contribution is -2.51. The molecule has 0 spiro atoms. The SMILES string of the molecule is CCC(NC(CNC(=O)OC(C)(C)C)C(C)C)C(=O)OC. The molecule has 6 nitrogen and oxygen atoms in total. The summed E-state index contributed by atoms with van der Waals surface area (Å²) >= 11 is 0. The van der Waals surface area contributed by atoms with Gasteiger partial charge in [-0.2, -0.15) is 0 Å². The third-order valence-electron chi connectivity index (χ3n) is 2.98. The van der Waals surface area contributed by atoms with Crippen LogP contribution in [0.15, 0.2) is 0 Å². The molecule has 2 atom stereocenters. The highest BCUT2D eigenvalue weighted by atomic mass is 16.6. The molecule has 0 aromatic carbocycles. The average molecular weight is 302 g/mol. The number of carbonyl (C=O) groups excluding carboxylic acids is 2. The van der Waals surface area contributed by atoms with Crippen LogP contribution in [0.5, 0.6) is 0 Å². The van der Waals surface area contributed by atoms with Crippen molar-refractivity contribution in [3.05, 3.63) is 0 Å². The fourth-order valence-corrected chi connectivity index (χ4v) is 1.75. The third kappa shape index (κ3) is 8.55. The summed E-state index contributed by atoms with van der Waals surface area (Å²) in [6.07, 6.45) is 0.170. The van der Waals surface area contributed by atoms with Crippen LogP contribution in [0.2, 0.25) is 0 Å². The van der Waals surface area contributed by atoms with Crippen molar-refractivity contribution in [2.45, 2.75) is 65.6 Å². The molecule has 21 heavy (non-hydrogen) atoms. The number of esters is 1. The van der Waals surface area contributed by atoms with Crippen LogP contribution in [0.25, 0.3) is 0 Å². The van der Waals surface area contributed by atoms with Crippen molar-refractivity contribution in [3.8, 4) is 0 Å². The smallest absolute Gasteiger partial charge is 0.407 e. The molecular formula is C15H30N2O4. The summed E-state index contributed by atoms with van der Waals surface area (Å²) in [6.45, 7) is 11.8. The Labute approximate surface area is 127 Å². The van der Waals surface area contributed by atoms with Crippen LogP contribution in [0.4, 0.5) is 4.79 Å². The van der Waals surface area contributed by atoms with Crippen LogP contribution >= 0.6 is 0 Å². The summed E-state index contributed by atoms with van der Waals surface area (Å²) in [6, 6.07) is -0.413. The maximum Gasteiger partial charge on any atom is 0.407 e. The van der Waals surface area contributed by atoms with Crippen molar-refractivity contribution < 1.29 is 19.1 Å². The molecule has 6 heteroatoms.